The van der Waals surface area contributed by atoms with Crippen molar-refractivity contribution in [2.24, 2.45) is 12.8 Å². The summed E-state index contributed by atoms with van der Waals surface area (Å²) in [7, 11) is -1.47. The predicted octanol–water partition coefficient (Wildman–Crippen LogP) is 3.66. The number of nitrogens with zero attached hydrogens (tertiary/aromatic N) is 1. The van der Waals surface area contributed by atoms with Crippen molar-refractivity contribution in [2.75, 3.05) is 0 Å². The lowest BCUT2D eigenvalue weighted by atomic mass is 9.99. The van der Waals surface area contributed by atoms with E-state index in [1.165, 1.54) is 17.7 Å². The molecule has 2 aliphatic rings. The van der Waals surface area contributed by atoms with Gasteiger partial charge in [0.05, 0.1) is 9.79 Å². The first-order chi connectivity index (χ1) is 13.0. The number of nitrogens with two attached hydrogens (primary N) is 1. The summed E-state index contributed by atoms with van der Waals surface area (Å²) in [6, 6.07) is 13.3. The number of sulfone groups is 1. The highest BCUT2D eigenvalue weighted by Gasteiger charge is 2.36. The molecule has 156 valence electrons. The van der Waals surface area contributed by atoms with Gasteiger partial charge in [-0.3, -0.25) is 0 Å². The fourth-order valence-corrected chi connectivity index (χ4v) is 5.98. The molecule has 3 heterocycles. The van der Waals surface area contributed by atoms with Gasteiger partial charge in [0.1, 0.15) is 0 Å². The van der Waals surface area contributed by atoms with Crippen LogP contribution in [-0.4, -0.2) is 19.0 Å². The van der Waals surface area contributed by atoms with Gasteiger partial charge in [0.25, 0.3) is 0 Å². The van der Waals surface area contributed by atoms with Crippen LogP contribution in [0.2, 0.25) is 0 Å². The van der Waals surface area contributed by atoms with E-state index in [-0.39, 0.29) is 24.8 Å². The summed E-state index contributed by atoms with van der Waals surface area (Å²) in [5.41, 5.74) is 10.3. The monoisotopic (exact) mass is 453 g/mol. The zero-order chi connectivity index (χ0) is 18.8. The second kappa shape index (κ2) is 7.93. The van der Waals surface area contributed by atoms with Crippen LogP contribution in [0.15, 0.2) is 52.3 Å². The molecule has 2 bridgehead atoms. The molecule has 0 amide bonds. The first kappa shape index (κ1) is 22.1. The van der Waals surface area contributed by atoms with E-state index in [0.29, 0.717) is 28.4 Å². The molecule has 0 radical (unpaired) electrons. The molecule has 0 saturated carbocycles. The molecular formula is C21H25Cl2N3O2S. The van der Waals surface area contributed by atoms with Crippen molar-refractivity contribution < 1.29 is 8.42 Å². The number of aryl methyl sites for hydroxylation is 1. The molecule has 5 rings (SSSR count). The molecule has 3 N–H and O–H groups in total. The van der Waals surface area contributed by atoms with E-state index in [4.69, 9.17) is 5.73 Å². The quantitative estimate of drug-likeness (QED) is 0.633. The van der Waals surface area contributed by atoms with E-state index in [9.17, 15) is 8.42 Å². The fraction of sp³-hybridized carbons (Fsp3) is 0.333. The van der Waals surface area contributed by atoms with Crippen molar-refractivity contribution in [1.82, 2.24) is 9.88 Å². The number of nitrogens with one attached hydrogen (secondary N) is 1. The highest BCUT2D eigenvalue weighted by molar-refractivity contribution is 7.91. The normalized spacial score (nSPS) is 20.1. The zero-order valence-electron chi connectivity index (χ0n) is 16.1. The Morgan fingerprint density at radius 1 is 1.07 bits per heavy atom. The number of halogens is 2. The number of hydrogen-bond acceptors (Lipinski definition) is 4. The average molecular weight is 454 g/mol. The molecule has 0 spiro atoms. The lowest BCUT2D eigenvalue weighted by Crippen LogP contribution is -2.32. The second-order valence-electron chi connectivity index (χ2n) is 7.65. The lowest BCUT2D eigenvalue weighted by molar-refractivity contribution is 0.503. The molecule has 2 aromatic carbocycles. The minimum atomic E-state index is -3.56. The van der Waals surface area contributed by atoms with E-state index in [1.54, 1.807) is 30.3 Å². The summed E-state index contributed by atoms with van der Waals surface area (Å²) in [5.74, 6) is 0. The SMILES string of the molecule is Cl.Cl.Cn1c2c(c3cc(S(=O)(=O)c4ccc(CN)cc4)ccc31)C1CCC(C2)N1. The van der Waals surface area contributed by atoms with E-state index in [2.05, 4.69) is 16.9 Å². The number of rotatable bonds is 3. The predicted molar refractivity (Wildman–Crippen MR) is 120 cm³/mol. The Morgan fingerprint density at radius 3 is 2.45 bits per heavy atom. The van der Waals surface area contributed by atoms with Crippen LogP contribution < -0.4 is 11.1 Å². The third kappa shape index (κ3) is 3.37. The summed E-state index contributed by atoms with van der Waals surface area (Å²) in [4.78, 5) is 0.659. The van der Waals surface area contributed by atoms with Crippen molar-refractivity contribution in [3.8, 4) is 0 Å². The molecule has 5 nitrogen and oxygen atoms in total. The Balaban J connectivity index is 0.00000120. The molecule has 2 atom stereocenters. The molecule has 1 aromatic heterocycles. The molecule has 2 aliphatic heterocycles. The first-order valence-corrected chi connectivity index (χ1v) is 10.9. The van der Waals surface area contributed by atoms with E-state index in [1.807, 2.05) is 12.1 Å². The molecule has 29 heavy (non-hydrogen) atoms. The highest BCUT2D eigenvalue weighted by atomic mass is 35.5. The molecule has 3 aromatic rings. The van der Waals surface area contributed by atoms with Gasteiger partial charge in [0.2, 0.25) is 9.84 Å². The van der Waals surface area contributed by atoms with Crippen LogP contribution >= 0.6 is 24.8 Å². The van der Waals surface area contributed by atoms with Crippen LogP contribution in [0.4, 0.5) is 0 Å². The first-order valence-electron chi connectivity index (χ1n) is 9.40. The van der Waals surface area contributed by atoms with Gasteiger partial charge in [-0.25, -0.2) is 8.42 Å². The van der Waals surface area contributed by atoms with Crippen LogP contribution in [0.25, 0.3) is 10.9 Å². The van der Waals surface area contributed by atoms with Gasteiger partial charge in [-0.15, -0.1) is 24.8 Å². The Morgan fingerprint density at radius 2 is 1.76 bits per heavy atom. The molecule has 0 aliphatic carbocycles. The molecule has 1 saturated heterocycles. The zero-order valence-corrected chi connectivity index (χ0v) is 18.5. The minimum Gasteiger partial charge on any atom is -0.347 e. The van der Waals surface area contributed by atoms with Crippen molar-refractivity contribution in [3.05, 3.63) is 59.3 Å². The van der Waals surface area contributed by atoms with Crippen molar-refractivity contribution in [1.29, 1.82) is 0 Å². The maximum Gasteiger partial charge on any atom is 0.206 e. The van der Waals surface area contributed by atoms with E-state index < -0.39 is 9.84 Å². The van der Waals surface area contributed by atoms with Crippen molar-refractivity contribution in [3.63, 3.8) is 0 Å². The minimum absolute atomic E-state index is 0. The topological polar surface area (TPSA) is 77.1 Å². The van der Waals surface area contributed by atoms with Crippen molar-refractivity contribution >= 4 is 45.6 Å². The van der Waals surface area contributed by atoms with Gasteiger partial charge in [-0.05, 0) is 54.3 Å². The largest absolute Gasteiger partial charge is 0.347 e. The third-order valence-corrected chi connectivity index (χ3v) is 7.91. The Labute approximate surface area is 183 Å². The highest BCUT2D eigenvalue weighted by Crippen LogP contribution is 2.42. The van der Waals surface area contributed by atoms with Gasteiger partial charge >= 0.3 is 0 Å². The Hall–Kier alpha value is -1.57. The third-order valence-electron chi connectivity index (χ3n) is 6.14. The van der Waals surface area contributed by atoms with Gasteiger partial charge < -0.3 is 15.6 Å². The van der Waals surface area contributed by atoms with Crippen LogP contribution in [0, 0.1) is 0 Å². The van der Waals surface area contributed by atoms with Crippen molar-refractivity contribution in [2.45, 2.75) is 47.7 Å². The molecule has 2 unspecified atom stereocenters. The number of benzene rings is 2. The van der Waals surface area contributed by atoms with Gasteiger partial charge in [0.15, 0.2) is 0 Å². The van der Waals surface area contributed by atoms with Gasteiger partial charge in [-0.2, -0.15) is 0 Å². The van der Waals surface area contributed by atoms with Gasteiger partial charge in [0, 0.05) is 48.7 Å². The number of hydrogen-bond donors (Lipinski definition) is 2. The maximum absolute atomic E-state index is 13.2. The van der Waals surface area contributed by atoms with E-state index in [0.717, 1.165) is 29.3 Å². The summed E-state index contributed by atoms with van der Waals surface area (Å²) < 4.78 is 28.6. The van der Waals surface area contributed by atoms with Crippen LogP contribution in [0.3, 0.4) is 0 Å². The smallest absolute Gasteiger partial charge is 0.206 e. The summed E-state index contributed by atoms with van der Waals surface area (Å²) >= 11 is 0. The standard InChI is InChI=1S/C21H23N3O2S.2ClH/c1-24-19-9-7-16(27(25,26)15-5-2-13(12-22)3-6-15)11-17(19)21-18-8-4-14(23-18)10-20(21)24;;/h2-3,5-7,9,11,14,18,23H,4,8,10,12,22H2,1H3;2*1H. The second-order valence-corrected chi connectivity index (χ2v) is 9.60. The summed E-state index contributed by atoms with van der Waals surface area (Å²) in [6.45, 7) is 0.401. The maximum atomic E-state index is 13.2. The Kier molecular flexibility index (Phi) is 6.05. The lowest BCUT2D eigenvalue weighted by Gasteiger charge is -2.23. The number of aromatic nitrogens is 1. The Bertz CT molecular complexity index is 1160. The summed E-state index contributed by atoms with van der Waals surface area (Å²) in [6.07, 6.45) is 3.32. The van der Waals surface area contributed by atoms with Crippen LogP contribution in [-0.2, 0) is 29.9 Å². The molecule has 8 heteroatoms. The average Bonchev–Trinajstić information content (AvgIpc) is 3.20. The van der Waals surface area contributed by atoms with Crippen LogP contribution in [0.5, 0.6) is 0 Å². The fourth-order valence-electron chi connectivity index (χ4n) is 4.69. The van der Waals surface area contributed by atoms with E-state index >= 15 is 0 Å². The van der Waals surface area contributed by atoms with Gasteiger partial charge in [-0.1, -0.05) is 12.1 Å². The molecular weight excluding hydrogens is 429 g/mol. The summed E-state index contributed by atoms with van der Waals surface area (Å²) in [5, 5.41) is 4.74. The number of fused-ring (bicyclic) bond motifs is 6. The molecule has 1 fully saturated rings. The van der Waals surface area contributed by atoms with Crippen LogP contribution in [0.1, 0.15) is 35.7 Å².